The summed E-state index contributed by atoms with van der Waals surface area (Å²) in [6.45, 7) is 6.34. The van der Waals surface area contributed by atoms with Crippen LogP contribution in [0.2, 0.25) is 0 Å². The summed E-state index contributed by atoms with van der Waals surface area (Å²) in [6, 6.07) is 19.6. The van der Waals surface area contributed by atoms with E-state index in [0.29, 0.717) is 6.42 Å². The molecule has 1 N–H and O–H groups in total. The van der Waals surface area contributed by atoms with Gasteiger partial charge in [-0.2, -0.15) is 11.3 Å². The number of aliphatic hydroxyl groups excluding tert-OH is 1. The molecular weight excluding hydrogens is 408 g/mol. The van der Waals surface area contributed by atoms with Crippen molar-refractivity contribution >= 4 is 17.4 Å². The fourth-order valence-electron chi connectivity index (χ4n) is 3.39. The van der Waals surface area contributed by atoms with Crippen LogP contribution in [-0.4, -0.2) is 11.7 Å². The van der Waals surface area contributed by atoms with Gasteiger partial charge in [0.05, 0.1) is 6.61 Å². The fourth-order valence-corrected chi connectivity index (χ4v) is 4.06. The first kappa shape index (κ1) is 23.8. The van der Waals surface area contributed by atoms with Crippen molar-refractivity contribution in [1.29, 1.82) is 0 Å². The maximum atomic E-state index is 9.76. The van der Waals surface area contributed by atoms with E-state index in [9.17, 15) is 5.11 Å². The predicted octanol–water partition coefficient (Wildman–Crippen LogP) is 7.57. The zero-order valence-corrected chi connectivity index (χ0v) is 20.1. The lowest BCUT2D eigenvalue weighted by Gasteiger charge is -2.07. The molecule has 1 aromatic heterocycles. The van der Waals surface area contributed by atoms with E-state index in [-0.39, 0.29) is 12.0 Å². The van der Waals surface area contributed by atoms with Crippen LogP contribution in [-0.2, 0) is 12.8 Å². The van der Waals surface area contributed by atoms with Crippen LogP contribution in [0.3, 0.4) is 0 Å². The fraction of sp³-hybridized carbons (Fsp3) is 0.267. The summed E-state index contributed by atoms with van der Waals surface area (Å²) >= 11 is 1.73. The molecule has 0 amide bonds. The number of allylic oxidation sites excluding steroid dienone is 2. The molecule has 3 rings (SSSR count). The number of rotatable bonds is 8. The monoisotopic (exact) mass is 440 g/mol. The van der Waals surface area contributed by atoms with E-state index in [1.54, 1.807) is 11.3 Å². The Morgan fingerprint density at radius 3 is 2.41 bits per heavy atom. The molecule has 0 saturated heterocycles. The Morgan fingerprint density at radius 2 is 1.72 bits per heavy atom. The smallest absolute Gasteiger partial charge is 0.0648 e. The summed E-state index contributed by atoms with van der Waals surface area (Å²) in [5.41, 5.74) is 7.36. The minimum atomic E-state index is 0.00560. The number of hydrogen-bond donors (Lipinski definition) is 1. The molecule has 164 valence electrons. The van der Waals surface area contributed by atoms with Crippen molar-refractivity contribution < 1.29 is 5.11 Å². The van der Waals surface area contributed by atoms with Gasteiger partial charge in [0, 0.05) is 5.41 Å². The molecule has 0 saturated carbocycles. The minimum Gasteiger partial charge on any atom is -0.392 e. The molecule has 0 aliphatic heterocycles. The van der Waals surface area contributed by atoms with Gasteiger partial charge in [-0.05, 0) is 96.3 Å². The second kappa shape index (κ2) is 11.7. The normalized spacial score (nSPS) is 12.1. The second-order valence-electron chi connectivity index (χ2n) is 9.04. The van der Waals surface area contributed by atoms with Crippen molar-refractivity contribution in [1.82, 2.24) is 0 Å². The zero-order valence-electron chi connectivity index (χ0n) is 19.3. The van der Waals surface area contributed by atoms with Gasteiger partial charge in [-0.3, -0.25) is 0 Å². The van der Waals surface area contributed by atoms with Crippen LogP contribution in [0, 0.1) is 17.3 Å². The highest BCUT2D eigenvalue weighted by atomic mass is 32.1. The molecule has 2 aromatic carbocycles. The maximum Gasteiger partial charge on any atom is 0.0648 e. The molecule has 0 fully saturated rings. The van der Waals surface area contributed by atoms with E-state index >= 15 is 0 Å². The van der Waals surface area contributed by atoms with E-state index in [1.165, 1.54) is 22.3 Å². The lowest BCUT2D eigenvalue weighted by molar-refractivity contribution is 0.330. The summed E-state index contributed by atoms with van der Waals surface area (Å²) in [6.07, 6.45) is 8.69. The first-order valence-corrected chi connectivity index (χ1v) is 12.1. The zero-order chi connectivity index (χ0) is 22.8. The lowest BCUT2D eigenvalue weighted by atomic mass is 9.98. The Balaban J connectivity index is 1.62. The molecule has 0 atom stereocenters. The minimum absolute atomic E-state index is 0.00560. The first-order chi connectivity index (χ1) is 15.4. The van der Waals surface area contributed by atoms with Crippen LogP contribution in [0.5, 0.6) is 0 Å². The van der Waals surface area contributed by atoms with Crippen molar-refractivity contribution in [3.8, 4) is 23.0 Å². The molecule has 0 aliphatic carbocycles. The molecule has 0 radical (unpaired) electrons. The van der Waals surface area contributed by atoms with Crippen LogP contribution in [0.4, 0.5) is 0 Å². The Bertz CT molecular complexity index is 1120. The SMILES string of the molecule is CC(C)(C)C#C/C=C/C/C(=C\c1cccc(CCc2cccc(-c3ccsc3)c2)c1)CO. The highest BCUT2D eigenvalue weighted by molar-refractivity contribution is 7.08. The average Bonchev–Trinajstić information content (AvgIpc) is 3.31. The van der Waals surface area contributed by atoms with Gasteiger partial charge in [0.2, 0.25) is 0 Å². The number of hydrogen-bond acceptors (Lipinski definition) is 2. The molecule has 1 nitrogen and oxygen atoms in total. The molecule has 2 heteroatoms. The molecule has 0 aliphatic rings. The summed E-state index contributed by atoms with van der Waals surface area (Å²) in [5, 5.41) is 14.1. The van der Waals surface area contributed by atoms with Gasteiger partial charge >= 0.3 is 0 Å². The summed E-state index contributed by atoms with van der Waals surface area (Å²) in [5.74, 6) is 6.28. The summed E-state index contributed by atoms with van der Waals surface area (Å²) in [4.78, 5) is 0. The highest BCUT2D eigenvalue weighted by Gasteiger charge is 2.03. The topological polar surface area (TPSA) is 20.2 Å². The van der Waals surface area contributed by atoms with Crippen LogP contribution in [0.15, 0.2) is 83.1 Å². The third-order valence-corrected chi connectivity index (χ3v) is 5.72. The third-order valence-electron chi connectivity index (χ3n) is 5.04. The van der Waals surface area contributed by atoms with Crippen molar-refractivity contribution in [3.63, 3.8) is 0 Å². The highest BCUT2D eigenvalue weighted by Crippen LogP contribution is 2.23. The van der Waals surface area contributed by atoms with E-state index in [2.05, 4.69) is 104 Å². The number of thiophene rings is 1. The number of benzene rings is 2. The van der Waals surface area contributed by atoms with Gasteiger partial charge in [0.1, 0.15) is 0 Å². The van der Waals surface area contributed by atoms with E-state index in [4.69, 9.17) is 0 Å². The molecular formula is C30H32OS. The van der Waals surface area contributed by atoms with Crippen molar-refractivity contribution in [2.45, 2.75) is 40.0 Å². The molecule has 32 heavy (non-hydrogen) atoms. The van der Waals surface area contributed by atoms with E-state index < -0.39 is 0 Å². The quantitative estimate of drug-likeness (QED) is 0.358. The standard InChI is InChI=1S/C30H32OS/c1-30(2,3)17-6-4-5-9-27(22-31)20-26-12-7-10-24(19-26)14-15-25-11-8-13-28(21-25)29-16-18-32-23-29/h4-5,7-8,10-13,16,18-21,23,31H,9,14-15,22H2,1-3H3/b5-4+,27-20+. The Labute approximate surface area is 197 Å². The number of aryl methyl sites for hydroxylation is 2. The Kier molecular flexibility index (Phi) is 8.68. The van der Waals surface area contributed by atoms with Gasteiger partial charge in [-0.25, -0.2) is 0 Å². The summed E-state index contributed by atoms with van der Waals surface area (Å²) in [7, 11) is 0. The van der Waals surface area contributed by atoms with Crippen molar-refractivity contribution in [2.75, 3.05) is 6.61 Å². The van der Waals surface area contributed by atoms with Crippen molar-refractivity contribution in [3.05, 3.63) is 99.8 Å². The van der Waals surface area contributed by atoms with Crippen LogP contribution in [0.1, 0.15) is 43.9 Å². The molecule has 0 unspecified atom stereocenters. The third kappa shape index (κ3) is 8.00. The Morgan fingerprint density at radius 1 is 0.969 bits per heavy atom. The first-order valence-electron chi connectivity index (χ1n) is 11.1. The molecule has 3 aromatic rings. The van der Waals surface area contributed by atoms with Crippen LogP contribution < -0.4 is 0 Å². The van der Waals surface area contributed by atoms with Crippen LogP contribution in [0.25, 0.3) is 17.2 Å². The second-order valence-corrected chi connectivity index (χ2v) is 9.82. The number of aliphatic hydroxyl groups is 1. The largest absolute Gasteiger partial charge is 0.392 e. The lowest BCUT2D eigenvalue weighted by Crippen LogP contribution is -1.98. The van der Waals surface area contributed by atoms with E-state index in [0.717, 1.165) is 24.0 Å². The molecule has 1 heterocycles. The molecule has 0 bridgehead atoms. The maximum absolute atomic E-state index is 9.76. The van der Waals surface area contributed by atoms with Gasteiger partial charge in [0.25, 0.3) is 0 Å². The Hall–Kier alpha value is -2.86. The van der Waals surface area contributed by atoms with Gasteiger partial charge < -0.3 is 5.11 Å². The average molecular weight is 441 g/mol. The van der Waals surface area contributed by atoms with E-state index in [1.807, 2.05) is 12.2 Å². The predicted molar refractivity (Wildman–Crippen MR) is 140 cm³/mol. The van der Waals surface area contributed by atoms with Crippen molar-refractivity contribution in [2.24, 2.45) is 5.41 Å². The molecule has 0 spiro atoms. The van der Waals surface area contributed by atoms with Gasteiger partial charge in [-0.15, -0.1) is 0 Å². The van der Waals surface area contributed by atoms with Gasteiger partial charge in [0.15, 0.2) is 0 Å². The van der Waals surface area contributed by atoms with Crippen LogP contribution >= 0.6 is 11.3 Å². The van der Waals surface area contributed by atoms with Gasteiger partial charge in [-0.1, -0.05) is 72.5 Å². The summed E-state index contributed by atoms with van der Waals surface area (Å²) < 4.78 is 0.